The number of rotatable bonds is 7. The van der Waals surface area contributed by atoms with Crippen LogP contribution in [0.15, 0.2) is 66.3 Å². The minimum Gasteiger partial charge on any atom is -0.369 e. The molecule has 4 rings (SSSR count). The number of hydrogen-bond acceptors (Lipinski definition) is 4. The van der Waals surface area contributed by atoms with Gasteiger partial charge in [-0.05, 0) is 59.9 Å². The Morgan fingerprint density at radius 2 is 1.87 bits per heavy atom. The van der Waals surface area contributed by atoms with Gasteiger partial charge in [-0.25, -0.2) is 0 Å². The van der Waals surface area contributed by atoms with E-state index < -0.39 is 5.41 Å². The lowest BCUT2D eigenvalue weighted by Gasteiger charge is -2.40. The van der Waals surface area contributed by atoms with Crippen molar-refractivity contribution < 1.29 is 9.59 Å². The Morgan fingerprint density at radius 3 is 2.55 bits per heavy atom. The van der Waals surface area contributed by atoms with Gasteiger partial charge in [-0.15, -0.1) is 11.3 Å². The first-order chi connectivity index (χ1) is 15.1. The van der Waals surface area contributed by atoms with Crippen LogP contribution in [0.5, 0.6) is 0 Å². The zero-order valence-corrected chi connectivity index (χ0v) is 18.3. The monoisotopic (exact) mass is 433 g/mol. The largest absolute Gasteiger partial charge is 0.369 e. The number of aromatic nitrogens is 1. The van der Waals surface area contributed by atoms with Crippen molar-refractivity contribution in [3.8, 4) is 10.4 Å². The zero-order chi connectivity index (χ0) is 21.7. The lowest BCUT2D eigenvalue weighted by molar-refractivity contribution is -0.138. The Labute approximate surface area is 186 Å². The molecule has 2 N–H and O–H groups in total. The third-order valence-electron chi connectivity index (χ3n) is 6.28. The number of carbonyl (C=O) groups is 2. The molecular formula is C25H27N3O2S. The van der Waals surface area contributed by atoms with Crippen molar-refractivity contribution in [1.82, 2.24) is 9.88 Å². The first-order valence-electron chi connectivity index (χ1n) is 10.7. The molecule has 0 spiro atoms. The number of carbonyl (C=O) groups excluding carboxylic acids is 2. The lowest BCUT2D eigenvalue weighted by Crippen LogP contribution is -2.50. The minimum atomic E-state index is -0.618. The minimum absolute atomic E-state index is 0.126. The first kappa shape index (κ1) is 21.2. The van der Waals surface area contributed by atoms with Crippen LogP contribution in [0.3, 0.4) is 0 Å². The summed E-state index contributed by atoms with van der Waals surface area (Å²) in [7, 11) is 0. The van der Waals surface area contributed by atoms with Crippen LogP contribution in [0.2, 0.25) is 0 Å². The van der Waals surface area contributed by atoms with E-state index in [2.05, 4.69) is 28.6 Å². The van der Waals surface area contributed by atoms with Gasteiger partial charge in [0.15, 0.2) is 0 Å². The van der Waals surface area contributed by atoms with Crippen LogP contribution in [0.1, 0.15) is 30.4 Å². The van der Waals surface area contributed by atoms with Gasteiger partial charge >= 0.3 is 0 Å². The number of pyridine rings is 1. The summed E-state index contributed by atoms with van der Waals surface area (Å²) in [5, 5.41) is 2.06. The van der Waals surface area contributed by atoms with Crippen molar-refractivity contribution >= 4 is 23.2 Å². The van der Waals surface area contributed by atoms with Crippen molar-refractivity contribution in [1.29, 1.82) is 0 Å². The van der Waals surface area contributed by atoms with Gasteiger partial charge in [0, 0.05) is 36.8 Å². The molecule has 0 radical (unpaired) electrons. The maximum absolute atomic E-state index is 12.7. The number of amides is 2. The van der Waals surface area contributed by atoms with Gasteiger partial charge in [0.2, 0.25) is 11.8 Å². The molecule has 3 heterocycles. The predicted octanol–water partition coefficient (Wildman–Crippen LogP) is 4.08. The molecule has 1 aliphatic rings. The van der Waals surface area contributed by atoms with Crippen molar-refractivity contribution in [2.75, 3.05) is 13.1 Å². The number of piperidine rings is 1. The number of thiophene rings is 1. The molecule has 2 aromatic heterocycles. The van der Waals surface area contributed by atoms with E-state index in [4.69, 9.17) is 5.73 Å². The van der Waals surface area contributed by atoms with E-state index >= 15 is 0 Å². The van der Waals surface area contributed by atoms with E-state index in [1.54, 1.807) is 23.7 Å². The molecule has 1 fully saturated rings. The van der Waals surface area contributed by atoms with Gasteiger partial charge in [-0.3, -0.25) is 14.6 Å². The predicted molar refractivity (Wildman–Crippen MR) is 123 cm³/mol. The topological polar surface area (TPSA) is 76.3 Å². The normalized spacial score (nSPS) is 15.5. The van der Waals surface area contributed by atoms with Crippen LogP contribution in [-0.4, -0.2) is 34.8 Å². The van der Waals surface area contributed by atoms with Crippen molar-refractivity contribution in [2.24, 2.45) is 11.1 Å². The molecule has 0 unspecified atom stereocenters. The summed E-state index contributed by atoms with van der Waals surface area (Å²) in [6, 6.07) is 16.2. The van der Waals surface area contributed by atoms with Crippen molar-refractivity contribution in [2.45, 2.75) is 32.1 Å². The van der Waals surface area contributed by atoms with Crippen LogP contribution in [0, 0.1) is 5.41 Å². The molecule has 3 aromatic rings. The van der Waals surface area contributed by atoms with Crippen LogP contribution >= 0.6 is 11.3 Å². The quantitative estimate of drug-likeness (QED) is 0.610. The molecule has 160 valence electrons. The molecular weight excluding hydrogens is 406 g/mol. The molecule has 1 saturated heterocycles. The molecule has 0 saturated carbocycles. The SMILES string of the molecule is NC(=O)C1(Cc2ccccc2-c2cccs2)CCN(C(=O)CCc2cccnc2)CC1. The summed E-state index contributed by atoms with van der Waals surface area (Å²) in [6.45, 7) is 1.13. The smallest absolute Gasteiger partial charge is 0.224 e. The Kier molecular flexibility index (Phi) is 6.47. The fourth-order valence-electron chi connectivity index (χ4n) is 4.36. The first-order valence-corrected chi connectivity index (χ1v) is 11.5. The number of hydrogen-bond donors (Lipinski definition) is 1. The number of nitrogens with two attached hydrogens (primary N) is 1. The second kappa shape index (κ2) is 9.43. The molecule has 1 aromatic carbocycles. The van der Waals surface area contributed by atoms with Crippen LogP contribution < -0.4 is 5.73 Å². The van der Waals surface area contributed by atoms with Crippen molar-refractivity contribution in [3.63, 3.8) is 0 Å². The summed E-state index contributed by atoms with van der Waals surface area (Å²) in [4.78, 5) is 32.5. The molecule has 0 atom stereocenters. The van der Waals surface area contributed by atoms with Gasteiger partial charge in [-0.2, -0.15) is 0 Å². The van der Waals surface area contributed by atoms with E-state index in [9.17, 15) is 9.59 Å². The third-order valence-corrected chi connectivity index (χ3v) is 7.18. The fraction of sp³-hybridized carbons (Fsp3) is 0.320. The Hall–Kier alpha value is -2.99. The highest BCUT2D eigenvalue weighted by atomic mass is 32.1. The Balaban J connectivity index is 1.43. The Morgan fingerprint density at radius 1 is 1.06 bits per heavy atom. The van der Waals surface area contributed by atoms with Gasteiger partial charge in [0.05, 0.1) is 5.41 Å². The molecule has 31 heavy (non-hydrogen) atoms. The molecule has 6 heteroatoms. The van der Waals surface area contributed by atoms with Gasteiger partial charge in [0.25, 0.3) is 0 Å². The van der Waals surface area contributed by atoms with Crippen LogP contribution in [0.4, 0.5) is 0 Å². The highest BCUT2D eigenvalue weighted by Gasteiger charge is 2.41. The van der Waals surface area contributed by atoms with Crippen LogP contribution in [0.25, 0.3) is 10.4 Å². The van der Waals surface area contributed by atoms with E-state index in [-0.39, 0.29) is 11.8 Å². The van der Waals surface area contributed by atoms with E-state index in [1.165, 1.54) is 4.88 Å². The summed E-state index contributed by atoms with van der Waals surface area (Å²) < 4.78 is 0. The van der Waals surface area contributed by atoms with Crippen LogP contribution in [-0.2, 0) is 22.4 Å². The third kappa shape index (κ3) is 4.85. The average Bonchev–Trinajstić information content (AvgIpc) is 3.34. The van der Waals surface area contributed by atoms with E-state index in [1.807, 2.05) is 35.2 Å². The second-order valence-corrected chi connectivity index (χ2v) is 9.15. The van der Waals surface area contributed by atoms with Gasteiger partial charge in [0.1, 0.15) is 0 Å². The maximum Gasteiger partial charge on any atom is 0.224 e. The van der Waals surface area contributed by atoms with Gasteiger partial charge in [-0.1, -0.05) is 36.4 Å². The van der Waals surface area contributed by atoms with Gasteiger partial charge < -0.3 is 10.6 Å². The average molecular weight is 434 g/mol. The molecule has 0 bridgehead atoms. The highest BCUT2D eigenvalue weighted by Crippen LogP contribution is 2.38. The number of nitrogens with zero attached hydrogens (tertiary/aromatic N) is 2. The van der Waals surface area contributed by atoms with Crippen molar-refractivity contribution in [3.05, 3.63) is 77.4 Å². The molecule has 1 aliphatic heterocycles. The lowest BCUT2D eigenvalue weighted by atomic mass is 9.72. The number of primary amides is 1. The summed E-state index contributed by atoms with van der Waals surface area (Å²) in [5.41, 5.74) is 8.67. The summed E-state index contributed by atoms with van der Waals surface area (Å²) in [5.74, 6) is -0.142. The molecule has 5 nitrogen and oxygen atoms in total. The summed E-state index contributed by atoms with van der Waals surface area (Å²) in [6.07, 6.45) is 6.46. The Bertz CT molecular complexity index is 1030. The molecule has 0 aliphatic carbocycles. The molecule has 2 amide bonds. The second-order valence-electron chi connectivity index (χ2n) is 8.20. The fourth-order valence-corrected chi connectivity index (χ4v) is 5.15. The highest BCUT2D eigenvalue weighted by molar-refractivity contribution is 7.13. The standard InChI is InChI=1S/C25H27N3O2S/c26-24(30)25(17-20-6-1-2-7-21(20)22-8-4-16-31-22)11-14-28(15-12-25)23(29)10-9-19-5-3-13-27-18-19/h1-8,13,16,18H,9-12,14-15,17H2,(H2,26,30). The number of benzene rings is 1. The van der Waals surface area contributed by atoms with E-state index in [0.717, 1.165) is 16.7 Å². The zero-order valence-electron chi connectivity index (χ0n) is 17.5. The number of aryl methyl sites for hydroxylation is 1. The van der Waals surface area contributed by atoms with E-state index in [0.29, 0.717) is 45.2 Å². The maximum atomic E-state index is 12.7. The number of likely N-dealkylation sites (tertiary alicyclic amines) is 1. The summed E-state index contributed by atoms with van der Waals surface area (Å²) >= 11 is 1.69.